The van der Waals surface area contributed by atoms with Crippen molar-refractivity contribution < 1.29 is 18.5 Å². The van der Waals surface area contributed by atoms with Crippen molar-refractivity contribution in [1.29, 1.82) is 0 Å². The molecule has 0 aliphatic heterocycles. The summed E-state index contributed by atoms with van der Waals surface area (Å²) in [7, 11) is 1.81. The summed E-state index contributed by atoms with van der Waals surface area (Å²) in [6.07, 6.45) is 0.311. The number of carbonyl (C=O) groups is 1. The monoisotopic (exact) mass is 418 g/mol. The summed E-state index contributed by atoms with van der Waals surface area (Å²) in [6, 6.07) is 17.3. The second-order valence-electron chi connectivity index (χ2n) is 7.78. The first kappa shape index (κ1) is 20.7. The van der Waals surface area contributed by atoms with Crippen LogP contribution in [-0.2, 0) is 17.8 Å². The zero-order chi connectivity index (χ0) is 22.0. The Morgan fingerprint density at radius 2 is 1.87 bits per heavy atom. The number of hydrogen-bond donors (Lipinski definition) is 0. The van der Waals surface area contributed by atoms with Crippen LogP contribution in [-0.4, -0.2) is 23.0 Å². The van der Waals surface area contributed by atoms with Gasteiger partial charge in [-0.15, -0.1) is 0 Å². The Balaban J connectivity index is 1.36. The van der Waals surface area contributed by atoms with Crippen molar-refractivity contribution in [3.63, 3.8) is 0 Å². The number of amides is 1. The van der Waals surface area contributed by atoms with Gasteiger partial charge in [-0.2, -0.15) is 0 Å². The van der Waals surface area contributed by atoms with Gasteiger partial charge in [-0.1, -0.05) is 35.5 Å². The lowest BCUT2D eigenvalue weighted by molar-refractivity contribution is -0.131. The molecule has 4 rings (SSSR count). The Bertz CT molecular complexity index is 1140. The van der Waals surface area contributed by atoms with Crippen molar-refractivity contribution >= 4 is 16.9 Å². The molecule has 6 heteroatoms. The minimum absolute atomic E-state index is 0.0253. The molecule has 160 valence electrons. The van der Waals surface area contributed by atoms with Gasteiger partial charge >= 0.3 is 0 Å². The van der Waals surface area contributed by atoms with E-state index < -0.39 is 0 Å². The number of hydrogen-bond acceptors (Lipinski definition) is 5. The van der Waals surface area contributed by atoms with Crippen LogP contribution in [0.5, 0.6) is 5.75 Å². The molecule has 0 fully saturated rings. The van der Waals surface area contributed by atoms with E-state index in [9.17, 15) is 4.79 Å². The summed E-state index contributed by atoms with van der Waals surface area (Å²) < 4.78 is 16.9. The molecular weight excluding hydrogens is 392 g/mol. The Hall–Kier alpha value is -3.54. The zero-order valence-corrected chi connectivity index (χ0v) is 18.2. The van der Waals surface area contributed by atoms with Crippen molar-refractivity contribution in [2.24, 2.45) is 0 Å². The van der Waals surface area contributed by atoms with E-state index in [-0.39, 0.29) is 11.9 Å². The molecule has 2 heterocycles. The molecule has 2 aromatic heterocycles. The maximum absolute atomic E-state index is 12.8. The number of likely N-dealkylation sites (N-methyl/N-ethyl adjacent to an activating group) is 1. The molecule has 0 aliphatic carbocycles. The highest BCUT2D eigenvalue weighted by Crippen LogP contribution is 2.27. The molecule has 31 heavy (non-hydrogen) atoms. The number of rotatable bonds is 7. The van der Waals surface area contributed by atoms with E-state index in [1.165, 1.54) is 0 Å². The number of ether oxygens (including phenoxy) is 1. The predicted molar refractivity (Wildman–Crippen MR) is 118 cm³/mol. The summed E-state index contributed by atoms with van der Waals surface area (Å²) in [5, 5.41) is 4.98. The summed E-state index contributed by atoms with van der Waals surface area (Å²) in [4.78, 5) is 14.5. The number of para-hydroxylation sites is 1. The molecule has 2 aromatic carbocycles. The topological polar surface area (TPSA) is 68.7 Å². The molecule has 0 N–H and O–H groups in total. The van der Waals surface area contributed by atoms with Crippen molar-refractivity contribution in [2.45, 2.75) is 39.8 Å². The molecule has 0 spiro atoms. The van der Waals surface area contributed by atoms with Gasteiger partial charge in [-0.05, 0) is 50.6 Å². The Kier molecular flexibility index (Phi) is 5.80. The van der Waals surface area contributed by atoms with Crippen LogP contribution < -0.4 is 4.74 Å². The highest BCUT2D eigenvalue weighted by Gasteiger charge is 2.21. The van der Waals surface area contributed by atoms with Gasteiger partial charge in [0.25, 0.3) is 0 Å². The minimum Gasteiger partial charge on any atom is -0.489 e. The van der Waals surface area contributed by atoms with Gasteiger partial charge in [0.1, 0.15) is 29.5 Å². The fourth-order valence-electron chi connectivity index (χ4n) is 3.48. The van der Waals surface area contributed by atoms with Crippen LogP contribution in [0.15, 0.2) is 63.5 Å². The Morgan fingerprint density at radius 3 is 2.55 bits per heavy atom. The fourth-order valence-corrected chi connectivity index (χ4v) is 3.48. The third kappa shape index (κ3) is 4.48. The van der Waals surface area contributed by atoms with Crippen LogP contribution in [0.2, 0.25) is 0 Å². The summed E-state index contributed by atoms with van der Waals surface area (Å²) >= 11 is 0. The minimum atomic E-state index is -0.155. The normalized spacial score (nSPS) is 12.1. The van der Waals surface area contributed by atoms with Gasteiger partial charge in [0.2, 0.25) is 5.91 Å². The van der Waals surface area contributed by atoms with E-state index in [4.69, 9.17) is 13.7 Å². The molecule has 1 amide bonds. The number of aromatic nitrogens is 1. The molecule has 0 aliphatic rings. The second-order valence-corrected chi connectivity index (χ2v) is 7.78. The lowest BCUT2D eigenvalue weighted by atomic mass is 10.1. The Labute approximate surface area is 181 Å². The third-order valence-corrected chi connectivity index (χ3v) is 5.67. The van der Waals surface area contributed by atoms with Crippen LogP contribution in [0.4, 0.5) is 0 Å². The summed E-state index contributed by atoms with van der Waals surface area (Å²) in [5.41, 5.74) is 3.55. The van der Waals surface area contributed by atoms with Crippen LogP contribution in [0, 0.1) is 13.8 Å². The van der Waals surface area contributed by atoms with E-state index in [2.05, 4.69) is 5.16 Å². The van der Waals surface area contributed by atoms with E-state index in [0.717, 1.165) is 45.1 Å². The predicted octanol–water partition coefficient (Wildman–Crippen LogP) is 5.38. The molecule has 6 nitrogen and oxygen atoms in total. The zero-order valence-electron chi connectivity index (χ0n) is 18.2. The van der Waals surface area contributed by atoms with E-state index in [1.54, 1.807) is 11.9 Å². The van der Waals surface area contributed by atoms with E-state index in [1.807, 2.05) is 75.4 Å². The van der Waals surface area contributed by atoms with Crippen molar-refractivity contribution in [3.8, 4) is 5.75 Å². The first-order valence-electron chi connectivity index (χ1n) is 10.3. The number of nitrogens with zero attached hydrogens (tertiary/aromatic N) is 2. The summed E-state index contributed by atoms with van der Waals surface area (Å²) in [5.74, 6) is 2.30. The molecule has 0 saturated carbocycles. The highest BCUT2D eigenvalue weighted by molar-refractivity contribution is 5.80. The maximum atomic E-state index is 12.8. The number of benzene rings is 2. The van der Waals surface area contributed by atoms with Gasteiger partial charge in [-0.3, -0.25) is 4.79 Å². The van der Waals surface area contributed by atoms with E-state index >= 15 is 0 Å². The molecular formula is C25H26N2O4. The van der Waals surface area contributed by atoms with E-state index in [0.29, 0.717) is 13.0 Å². The van der Waals surface area contributed by atoms with Crippen LogP contribution >= 0.6 is 0 Å². The average Bonchev–Trinajstić information content (AvgIpc) is 3.35. The van der Waals surface area contributed by atoms with Crippen LogP contribution in [0.3, 0.4) is 0 Å². The van der Waals surface area contributed by atoms with Crippen LogP contribution in [0.25, 0.3) is 11.0 Å². The molecule has 1 unspecified atom stereocenters. The SMILES string of the molecule is Cc1noc(C)c1COc1ccc(CC(=O)N(C)C(C)c2cc3ccccc3o2)cc1. The lowest BCUT2D eigenvalue weighted by Gasteiger charge is -2.23. The fraction of sp³-hybridized carbons (Fsp3) is 0.280. The first-order chi connectivity index (χ1) is 14.9. The second kappa shape index (κ2) is 8.68. The molecule has 0 radical (unpaired) electrons. The van der Waals surface area contributed by atoms with Gasteiger partial charge in [0.05, 0.1) is 23.7 Å². The largest absolute Gasteiger partial charge is 0.489 e. The van der Waals surface area contributed by atoms with Crippen LogP contribution in [0.1, 0.15) is 41.3 Å². The molecule has 1 atom stereocenters. The third-order valence-electron chi connectivity index (χ3n) is 5.67. The first-order valence-corrected chi connectivity index (χ1v) is 10.3. The van der Waals surface area contributed by atoms with Crippen molar-refractivity contribution in [2.75, 3.05) is 7.05 Å². The highest BCUT2D eigenvalue weighted by atomic mass is 16.5. The van der Waals surface area contributed by atoms with Gasteiger partial charge in [0, 0.05) is 12.4 Å². The average molecular weight is 418 g/mol. The maximum Gasteiger partial charge on any atom is 0.227 e. The van der Waals surface area contributed by atoms with Gasteiger partial charge in [0.15, 0.2) is 0 Å². The van der Waals surface area contributed by atoms with Gasteiger partial charge in [-0.25, -0.2) is 0 Å². The van der Waals surface area contributed by atoms with Gasteiger partial charge < -0.3 is 18.6 Å². The van der Waals surface area contributed by atoms with Crippen molar-refractivity contribution in [1.82, 2.24) is 10.1 Å². The molecule has 4 aromatic rings. The number of carbonyl (C=O) groups excluding carboxylic acids is 1. The smallest absolute Gasteiger partial charge is 0.227 e. The lowest BCUT2D eigenvalue weighted by Crippen LogP contribution is -2.30. The van der Waals surface area contributed by atoms with Crippen molar-refractivity contribution in [3.05, 3.63) is 82.9 Å². The Morgan fingerprint density at radius 1 is 1.13 bits per heavy atom. The molecule has 0 saturated heterocycles. The summed E-state index contributed by atoms with van der Waals surface area (Å²) in [6.45, 7) is 6.14. The number of aryl methyl sites for hydroxylation is 2. The molecule has 0 bridgehead atoms. The number of furan rings is 1. The number of fused-ring (bicyclic) bond motifs is 1. The quantitative estimate of drug-likeness (QED) is 0.403. The standard InChI is InChI=1S/C25H26N2O4/c1-16-22(18(3)31-26-16)15-29-21-11-9-19(10-12-21)13-25(28)27(4)17(2)24-14-20-7-5-6-8-23(20)30-24/h5-12,14,17H,13,15H2,1-4H3.